The van der Waals surface area contributed by atoms with Crippen LogP contribution in [0, 0.1) is 29.8 Å². The van der Waals surface area contributed by atoms with E-state index < -0.39 is 34.8 Å². The minimum atomic E-state index is -1.80. The van der Waals surface area contributed by atoms with E-state index in [2.05, 4.69) is 20.5 Å². The van der Waals surface area contributed by atoms with Crippen molar-refractivity contribution in [3.8, 4) is 0 Å². The van der Waals surface area contributed by atoms with Crippen LogP contribution in [0.15, 0.2) is 24.3 Å². The number of benzene rings is 1. The third-order valence-electron chi connectivity index (χ3n) is 8.00. The van der Waals surface area contributed by atoms with E-state index in [9.17, 15) is 24.1 Å². The van der Waals surface area contributed by atoms with Crippen molar-refractivity contribution in [2.75, 3.05) is 11.9 Å². The molecule has 0 radical (unpaired) electrons. The fourth-order valence-electron chi connectivity index (χ4n) is 5.48. The van der Waals surface area contributed by atoms with Crippen molar-refractivity contribution in [1.82, 2.24) is 20.1 Å². The highest BCUT2D eigenvalue weighted by atomic mass is 35.5. The Morgan fingerprint density at radius 3 is 2.51 bits per heavy atom. The minimum Gasteiger partial charge on any atom is -0.385 e. The SMILES string of the molecule is Cc1cc(Nc2cc(C3(O)CC3)c(F)c(C[C@@]3(C(O)O)CCN(Cc4c(F)ccc(Cl)c4F)[C@H](C)C3)n2)n[nH]1. The van der Waals surface area contributed by atoms with Gasteiger partial charge in [0.25, 0.3) is 0 Å². The molecular weight excluding hydrogens is 535 g/mol. The number of aliphatic hydroxyl groups excluding tert-OH is 1. The molecule has 39 heavy (non-hydrogen) atoms. The molecule has 1 aliphatic carbocycles. The molecule has 12 heteroatoms. The first-order valence-electron chi connectivity index (χ1n) is 12.8. The number of aryl methyl sites for hydroxylation is 1. The minimum absolute atomic E-state index is 0.0109. The summed E-state index contributed by atoms with van der Waals surface area (Å²) < 4.78 is 44.7. The van der Waals surface area contributed by atoms with Crippen LogP contribution >= 0.6 is 11.6 Å². The summed E-state index contributed by atoms with van der Waals surface area (Å²) in [4.78, 5) is 6.28. The molecule has 0 amide bonds. The Bertz CT molecular complexity index is 1380. The van der Waals surface area contributed by atoms with Crippen LogP contribution in [0.5, 0.6) is 0 Å². The Morgan fingerprint density at radius 1 is 1.15 bits per heavy atom. The molecule has 3 aromatic rings. The Labute approximate surface area is 228 Å². The number of piperidine rings is 1. The van der Waals surface area contributed by atoms with Crippen LogP contribution in [0.2, 0.25) is 5.02 Å². The van der Waals surface area contributed by atoms with Crippen molar-refractivity contribution in [3.05, 3.63) is 69.3 Å². The van der Waals surface area contributed by atoms with Gasteiger partial charge in [0.05, 0.1) is 16.3 Å². The van der Waals surface area contributed by atoms with E-state index in [-0.39, 0.29) is 66.1 Å². The number of aromatic amines is 1. The predicted octanol–water partition coefficient (Wildman–Crippen LogP) is 4.43. The highest BCUT2D eigenvalue weighted by Gasteiger charge is 2.48. The molecule has 1 saturated carbocycles. The highest BCUT2D eigenvalue weighted by Crippen LogP contribution is 2.48. The second-order valence-electron chi connectivity index (χ2n) is 10.9. The lowest BCUT2D eigenvalue weighted by molar-refractivity contribution is -0.162. The van der Waals surface area contributed by atoms with Crippen molar-refractivity contribution in [1.29, 1.82) is 0 Å². The van der Waals surface area contributed by atoms with E-state index in [1.807, 2.05) is 18.7 Å². The number of rotatable bonds is 8. The molecule has 1 saturated heterocycles. The van der Waals surface area contributed by atoms with Crippen LogP contribution in [0.1, 0.15) is 55.1 Å². The standard InChI is InChI=1S/C27H31ClF3N5O3/c1-14-9-22(35-34-14)33-21-10-17(27(39)5-6-27)24(31)20(32-21)12-26(25(37)38)7-8-36(15(2)11-26)13-16-19(29)4-3-18(28)23(16)30/h3-4,9-10,15,25,37-39H,5-8,11-13H2,1-2H3,(H2,32,33,34,35)/t15-,26-/m1/s1. The number of aromatic nitrogens is 3. The summed E-state index contributed by atoms with van der Waals surface area (Å²) >= 11 is 5.85. The maximum atomic E-state index is 15.8. The second kappa shape index (κ2) is 10.4. The van der Waals surface area contributed by atoms with E-state index >= 15 is 4.39 Å². The van der Waals surface area contributed by atoms with Crippen LogP contribution in [-0.2, 0) is 18.6 Å². The monoisotopic (exact) mass is 565 g/mol. The smallest absolute Gasteiger partial charge is 0.157 e. The molecule has 210 valence electrons. The largest absolute Gasteiger partial charge is 0.385 e. The molecule has 0 bridgehead atoms. The topological polar surface area (TPSA) is 118 Å². The molecule has 5 N–H and O–H groups in total. The van der Waals surface area contributed by atoms with E-state index in [0.29, 0.717) is 18.7 Å². The van der Waals surface area contributed by atoms with Gasteiger partial charge in [0, 0.05) is 47.3 Å². The van der Waals surface area contributed by atoms with Crippen molar-refractivity contribution >= 4 is 23.2 Å². The van der Waals surface area contributed by atoms with Crippen LogP contribution < -0.4 is 5.32 Å². The average Bonchev–Trinajstić information content (AvgIpc) is 3.50. The molecule has 0 spiro atoms. The first-order valence-corrected chi connectivity index (χ1v) is 13.2. The number of likely N-dealkylation sites (tertiary alicyclic amines) is 1. The first kappa shape index (κ1) is 27.9. The van der Waals surface area contributed by atoms with Gasteiger partial charge in [0.15, 0.2) is 17.9 Å². The van der Waals surface area contributed by atoms with Gasteiger partial charge in [-0.15, -0.1) is 0 Å². The van der Waals surface area contributed by atoms with Crippen LogP contribution in [0.4, 0.5) is 24.8 Å². The number of nitrogens with zero attached hydrogens (tertiary/aromatic N) is 3. The van der Waals surface area contributed by atoms with Gasteiger partial charge in [-0.25, -0.2) is 18.2 Å². The van der Waals surface area contributed by atoms with Gasteiger partial charge in [-0.1, -0.05) is 11.6 Å². The van der Waals surface area contributed by atoms with Gasteiger partial charge in [-0.3, -0.25) is 10.00 Å². The van der Waals surface area contributed by atoms with Gasteiger partial charge < -0.3 is 20.6 Å². The summed E-state index contributed by atoms with van der Waals surface area (Å²) in [5.41, 5.74) is -1.74. The third kappa shape index (κ3) is 5.51. The van der Waals surface area contributed by atoms with Gasteiger partial charge in [-0.05, 0) is 64.3 Å². The number of aliphatic hydroxyl groups is 3. The van der Waals surface area contributed by atoms with Crippen LogP contribution in [0.25, 0.3) is 0 Å². The highest BCUT2D eigenvalue weighted by molar-refractivity contribution is 6.30. The zero-order valence-electron chi connectivity index (χ0n) is 21.6. The van der Waals surface area contributed by atoms with Gasteiger partial charge in [0.2, 0.25) is 0 Å². The van der Waals surface area contributed by atoms with Gasteiger partial charge in [-0.2, -0.15) is 5.10 Å². The van der Waals surface area contributed by atoms with Crippen molar-refractivity contribution in [3.63, 3.8) is 0 Å². The molecule has 2 fully saturated rings. The Morgan fingerprint density at radius 2 is 1.90 bits per heavy atom. The van der Waals surface area contributed by atoms with E-state index in [0.717, 1.165) is 17.8 Å². The lowest BCUT2D eigenvalue weighted by Crippen LogP contribution is -2.51. The average molecular weight is 566 g/mol. The number of hydrogen-bond donors (Lipinski definition) is 5. The maximum Gasteiger partial charge on any atom is 0.157 e. The predicted molar refractivity (Wildman–Crippen MR) is 139 cm³/mol. The van der Waals surface area contributed by atoms with Crippen molar-refractivity contribution < 1.29 is 28.5 Å². The van der Waals surface area contributed by atoms with E-state index in [4.69, 9.17) is 11.6 Å². The number of nitrogens with one attached hydrogen (secondary N) is 2. The van der Waals surface area contributed by atoms with Crippen LogP contribution in [0.3, 0.4) is 0 Å². The van der Waals surface area contributed by atoms with Crippen molar-refractivity contribution in [2.24, 2.45) is 5.41 Å². The van der Waals surface area contributed by atoms with Gasteiger partial charge in [0.1, 0.15) is 17.5 Å². The maximum absolute atomic E-state index is 15.8. The molecule has 1 aromatic carbocycles. The fourth-order valence-corrected chi connectivity index (χ4v) is 5.66. The number of pyridine rings is 1. The van der Waals surface area contributed by atoms with E-state index in [1.165, 1.54) is 6.07 Å². The van der Waals surface area contributed by atoms with Gasteiger partial charge >= 0.3 is 0 Å². The number of halogens is 4. The fraction of sp³-hybridized carbons (Fsp3) is 0.481. The van der Waals surface area contributed by atoms with Crippen molar-refractivity contribution in [2.45, 2.75) is 70.4 Å². The number of anilines is 2. The molecule has 0 unspecified atom stereocenters. The van der Waals surface area contributed by atoms with E-state index in [1.54, 1.807) is 6.07 Å². The summed E-state index contributed by atoms with van der Waals surface area (Å²) in [7, 11) is 0. The van der Waals surface area contributed by atoms with Crippen LogP contribution in [-0.4, -0.2) is 54.3 Å². The molecule has 3 heterocycles. The number of hydrogen-bond acceptors (Lipinski definition) is 7. The first-order chi connectivity index (χ1) is 18.4. The summed E-state index contributed by atoms with van der Waals surface area (Å²) in [6.07, 6.45) is -0.704. The summed E-state index contributed by atoms with van der Waals surface area (Å²) in [5.74, 6) is -1.48. The Kier molecular flexibility index (Phi) is 7.40. The number of H-pyrrole nitrogens is 1. The summed E-state index contributed by atoms with van der Waals surface area (Å²) in [6, 6.07) is 5.14. The quantitative estimate of drug-likeness (QED) is 0.203. The zero-order chi connectivity index (χ0) is 28.1. The molecular formula is C27H31ClF3N5O3. The Balaban J connectivity index is 1.42. The molecule has 5 rings (SSSR count). The molecule has 1 aliphatic heterocycles. The molecule has 2 aromatic heterocycles. The molecule has 2 aliphatic rings. The Hall–Kier alpha value is -2.70. The normalized spacial score (nSPS) is 22.9. The lowest BCUT2D eigenvalue weighted by Gasteiger charge is -2.46. The summed E-state index contributed by atoms with van der Waals surface area (Å²) in [5, 5.41) is 41.6. The lowest BCUT2D eigenvalue weighted by atomic mass is 9.71. The zero-order valence-corrected chi connectivity index (χ0v) is 22.4. The molecule has 2 atom stereocenters. The molecule has 8 nitrogen and oxygen atoms in total. The summed E-state index contributed by atoms with van der Waals surface area (Å²) in [6.45, 7) is 3.86. The second-order valence-corrected chi connectivity index (χ2v) is 11.3. The third-order valence-corrected chi connectivity index (χ3v) is 8.29.